The predicted octanol–water partition coefficient (Wildman–Crippen LogP) is 18.0. The molecular weight excluding hydrogens is 815 g/mol. The second-order valence-electron chi connectivity index (χ2n) is 20.0. The van der Waals surface area contributed by atoms with Gasteiger partial charge in [0.25, 0.3) is 0 Å². The molecule has 0 heterocycles. The lowest BCUT2D eigenvalue weighted by Gasteiger charge is -2.24. The van der Waals surface area contributed by atoms with E-state index >= 15 is 0 Å². The summed E-state index contributed by atoms with van der Waals surface area (Å²) in [7, 11) is 0. The number of hydrogen-bond donors (Lipinski definition) is 3. The SMILES string of the molecule is CCCCCCCC/C=C\C/C=C/CCC(=O)OC(CCCCCCCCC/C=C/CCCCCCCC)CC(=O)NC(CO)C(O)CCCCCCCCCCCCCCCCCCC. The van der Waals surface area contributed by atoms with E-state index in [0.717, 1.165) is 51.4 Å². The number of unbranched alkanes of at least 4 members (excludes halogenated alkanes) is 35. The number of allylic oxidation sites excluding steroid dienone is 6. The molecule has 0 aliphatic carbocycles. The van der Waals surface area contributed by atoms with Crippen molar-refractivity contribution in [1.29, 1.82) is 0 Å². The van der Waals surface area contributed by atoms with Gasteiger partial charge in [0.05, 0.1) is 25.2 Å². The molecule has 0 aromatic carbocycles. The summed E-state index contributed by atoms with van der Waals surface area (Å²) in [5.41, 5.74) is 0. The van der Waals surface area contributed by atoms with E-state index in [1.54, 1.807) is 0 Å². The number of esters is 1. The molecule has 0 bridgehead atoms. The Hall–Kier alpha value is -1.92. The molecule has 0 saturated carbocycles. The molecule has 6 nitrogen and oxygen atoms in total. The Kier molecular flexibility index (Phi) is 52.5. The third kappa shape index (κ3) is 48.5. The average molecular weight is 929 g/mol. The number of aliphatic hydroxyl groups is 2. The van der Waals surface area contributed by atoms with Crippen LogP contribution in [0.5, 0.6) is 0 Å². The number of amides is 1. The van der Waals surface area contributed by atoms with Crippen molar-refractivity contribution >= 4 is 11.9 Å². The van der Waals surface area contributed by atoms with Crippen molar-refractivity contribution in [3.63, 3.8) is 0 Å². The Morgan fingerprint density at radius 2 is 0.773 bits per heavy atom. The highest BCUT2D eigenvalue weighted by molar-refractivity contribution is 5.77. The molecule has 0 aromatic heterocycles. The molecule has 0 aromatic rings. The maximum Gasteiger partial charge on any atom is 0.306 e. The molecule has 0 saturated heterocycles. The lowest BCUT2D eigenvalue weighted by molar-refractivity contribution is -0.150. The Labute approximate surface area is 411 Å². The van der Waals surface area contributed by atoms with E-state index in [1.165, 1.54) is 205 Å². The van der Waals surface area contributed by atoms with Crippen LogP contribution in [-0.4, -0.2) is 46.9 Å². The predicted molar refractivity (Wildman–Crippen MR) is 287 cm³/mol. The number of carbonyl (C=O) groups excluding carboxylic acids is 2. The van der Waals surface area contributed by atoms with Gasteiger partial charge in [-0.3, -0.25) is 9.59 Å². The van der Waals surface area contributed by atoms with E-state index in [4.69, 9.17) is 4.74 Å². The van der Waals surface area contributed by atoms with Gasteiger partial charge in [-0.1, -0.05) is 263 Å². The van der Waals surface area contributed by atoms with Gasteiger partial charge in [0.1, 0.15) is 6.10 Å². The number of aliphatic hydroxyl groups excluding tert-OH is 2. The van der Waals surface area contributed by atoms with Gasteiger partial charge in [-0.15, -0.1) is 0 Å². The molecule has 66 heavy (non-hydrogen) atoms. The van der Waals surface area contributed by atoms with Crippen molar-refractivity contribution in [3.05, 3.63) is 36.5 Å². The number of hydrogen-bond acceptors (Lipinski definition) is 5. The van der Waals surface area contributed by atoms with Crippen molar-refractivity contribution in [2.45, 2.75) is 328 Å². The van der Waals surface area contributed by atoms with E-state index in [1.807, 2.05) is 0 Å². The topological polar surface area (TPSA) is 95.9 Å². The van der Waals surface area contributed by atoms with Gasteiger partial charge in [-0.2, -0.15) is 0 Å². The minimum Gasteiger partial charge on any atom is -0.462 e. The van der Waals surface area contributed by atoms with E-state index in [0.29, 0.717) is 25.7 Å². The van der Waals surface area contributed by atoms with Gasteiger partial charge >= 0.3 is 5.97 Å². The maximum atomic E-state index is 13.3. The molecule has 6 heteroatoms. The van der Waals surface area contributed by atoms with Crippen molar-refractivity contribution in [2.24, 2.45) is 0 Å². The zero-order chi connectivity index (χ0) is 48.1. The number of ether oxygens (including phenoxy) is 1. The van der Waals surface area contributed by atoms with Gasteiger partial charge in [-0.05, 0) is 70.6 Å². The van der Waals surface area contributed by atoms with Crippen LogP contribution in [0.25, 0.3) is 0 Å². The van der Waals surface area contributed by atoms with Crippen LogP contribution in [0.3, 0.4) is 0 Å². The van der Waals surface area contributed by atoms with Crippen LogP contribution < -0.4 is 5.32 Å². The second-order valence-corrected chi connectivity index (χ2v) is 20.0. The second kappa shape index (κ2) is 54.0. The summed E-state index contributed by atoms with van der Waals surface area (Å²) < 4.78 is 5.92. The lowest BCUT2D eigenvalue weighted by atomic mass is 10.0. The van der Waals surface area contributed by atoms with Crippen LogP contribution in [0.15, 0.2) is 36.5 Å². The monoisotopic (exact) mass is 928 g/mol. The summed E-state index contributed by atoms with van der Waals surface area (Å²) in [5, 5.41) is 23.9. The molecule has 0 fully saturated rings. The number of rotatable bonds is 53. The van der Waals surface area contributed by atoms with E-state index in [2.05, 4.69) is 62.5 Å². The number of carbonyl (C=O) groups is 2. The lowest BCUT2D eigenvalue weighted by Crippen LogP contribution is -2.46. The van der Waals surface area contributed by atoms with Gasteiger partial charge in [-0.25, -0.2) is 0 Å². The normalized spacial score (nSPS) is 13.3. The van der Waals surface area contributed by atoms with Crippen LogP contribution in [-0.2, 0) is 14.3 Å². The van der Waals surface area contributed by atoms with Crippen LogP contribution in [0.1, 0.15) is 310 Å². The summed E-state index contributed by atoms with van der Waals surface area (Å²) >= 11 is 0. The molecule has 3 N–H and O–H groups in total. The fraction of sp³-hybridized carbons (Fsp3) is 0.867. The van der Waals surface area contributed by atoms with Crippen LogP contribution in [0, 0.1) is 0 Å². The first kappa shape index (κ1) is 64.1. The van der Waals surface area contributed by atoms with Crippen LogP contribution in [0.4, 0.5) is 0 Å². The Balaban J connectivity index is 4.56. The summed E-state index contributed by atoms with van der Waals surface area (Å²) in [5.74, 6) is -0.545. The Morgan fingerprint density at radius 3 is 1.17 bits per heavy atom. The third-order valence-electron chi connectivity index (χ3n) is 13.5. The van der Waals surface area contributed by atoms with Crippen molar-refractivity contribution in [1.82, 2.24) is 5.32 Å². The summed E-state index contributed by atoms with van der Waals surface area (Å²) in [4.78, 5) is 26.2. The highest BCUT2D eigenvalue weighted by Crippen LogP contribution is 2.18. The summed E-state index contributed by atoms with van der Waals surface area (Å²) in [6.07, 6.45) is 65.1. The van der Waals surface area contributed by atoms with E-state index in [9.17, 15) is 19.8 Å². The quantitative estimate of drug-likeness (QED) is 0.0321. The van der Waals surface area contributed by atoms with E-state index < -0.39 is 18.2 Å². The molecule has 388 valence electrons. The zero-order valence-electron chi connectivity index (χ0n) is 44.3. The largest absolute Gasteiger partial charge is 0.462 e. The van der Waals surface area contributed by atoms with Gasteiger partial charge < -0.3 is 20.3 Å². The highest BCUT2D eigenvalue weighted by atomic mass is 16.5. The highest BCUT2D eigenvalue weighted by Gasteiger charge is 2.24. The minimum absolute atomic E-state index is 0.0553. The Morgan fingerprint density at radius 1 is 0.439 bits per heavy atom. The molecule has 0 spiro atoms. The van der Waals surface area contributed by atoms with Crippen molar-refractivity contribution in [3.8, 4) is 0 Å². The first-order valence-corrected chi connectivity index (χ1v) is 29.2. The molecule has 0 radical (unpaired) electrons. The first-order chi connectivity index (χ1) is 32.5. The van der Waals surface area contributed by atoms with Gasteiger partial charge in [0, 0.05) is 6.42 Å². The molecule has 3 atom stereocenters. The molecule has 0 aliphatic heterocycles. The van der Waals surface area contributed by atoms with Gasteiger partial charge in [0.2, 0.25) is 5.91 Å². The van der Waals surface area contributed by atoms with Crippen molar-refractivity contribution in [2.75, 3.05) is 6.61 Å². The standard InChI is InChI=1S/C60H113NO5/c1-4-7-10-13-16-19-22-25-27-29-31-34-36-39-42-45-48-51-56(66-60(65)53-50-47-44-41-38-33-24-21-18-15-12-9-6-3)54-59(64)61-57(55-62)58(63)52-49-46-43-40-37-35-32-30-28-26-23-20-17-14-11-8-5-2/h25,27,33,38,44,47,56-58,62-63H,4-24,26,28-32,34-37,39-43,45-46,48-55H2,1-3H3,(H,61,64)/b27-25+,38-33-,47-44+. The average Bonchev–Trinajstić information content (AvgIpc) is 3.31. The molecule has 0 rings (SSSR count). The van der Waals surface area contributed by atoms with Gasteiger partial charge in [0.15, 0.2) is 0 Å². The Bertz CT molecular complexity index is 1090. The first-order valence-electron chi connectivity index (χ1n) is 29.2. The molecular formula is C60H113NO5. The van der Waals surface area contributed by atoms with E-state index in [-0.39, 0.29) is 24.9 Å². The third-order valence-corrected chi connectivity index (χ3v) is 13.5. The number of nitrogens with one attached hydrogen (secondary N) is 1. The summed E-state index contributed by atoms with van der Waals surface area (Å²) in [6, 6.07) is -0.712. The summed E-state index contributed by atoms with van der Waals surface area (Å²) in [6.45, 7) is 6.49. The molecule has 1 amide bonds. The minimum atomic E-state index is -0.797. The fourth-order valence-electron chi connectivity index (χ4n) is 9.01. The zero-order valence-corrected chi connectivity index (χ0v) is 44.3. The van der Waals surface area contributed by atoms with Crippen LogP contribution >= 0.6 is 0 Å². The molecule has 3 unspecified atom stereocenters. The fourth-order valence-corrected chi connectivity index (χ4v) is 9.01. The maximum absolute atomic E-state index is 13.3. The smallest absolute Gasteiger partial charge is 0.306 e. The van der Waals surface area contributed by atoms with Crippen molar-refractivity contribution < 1.29 is 24.5 Å². The van der Waals surface area contributed by atoms with Crippen LogP contribution in [0.2, 0.25) is 0 Å². The molecule has 0 aliphatic rings.